The van der Waals surface area contributed by atoms with Crippen LogP contribution in [0.25, 0.3) is 16.6 Å². The molecule has 0 spiro atoms. The van der Waals surface area contributed by atoms with Gasteiger partial charge in [0.1, 0.15) is 0 Å². The van der Waals surface area contributed by atoms with E-state index in [4.69, 9.17) is 0 Å². The van der Waals surface area contributed by atoms with Gasteiger partial charge in [-0.25, -0.2) is 0 Å². The Morgan fingerprint density at radius 2 is 1.84 bits per heavy atom. The maximum absolute atomic E-state index is 13.4. The molecule has 0 saturated carbocycles. The number of aromatic nitrogens is 5. The zero-order chi connectivity index (χ0) is 22.1. The van der Waals surface area contributed by atoms with Crippen molar-refractivity contribution in [2.24, 2.45) is 0 Å². The number of nitrogens with zero attached hydrogens (tertiary/aromatic N) is 6. The molecule has 5 rings (SSSR count). The second kappa shape index (κ2) is 8.19. The maximum Gasteiger partial charge on any atom is 0.256 e. The van der Waals surface area contributed by atoms with Crippen LogP contribution in [0.1, 0.15) is 32.6 Å². The molecule has 0 saturated heterocycles. The Balaban J connectivity index is 1.61. The third kappa shape index (κ3) is 3.69. The second-order valence-corrected chi connectivity index (χ2v) is 7.99. The van der Waals surface area contributed by atoms with E-state index >= 15 is 0 Å². The normalized spacial score (nSPS) is 11.2. The van der Waals surface area contributed by atoms with Crippen molar-refractivity contribution in [1.82, 2.24) is 29.9 Å². The van der Waals surface area contributed by atoms with Gasteiger partial charge in [0.2, 0.25) is 0 Å². The number of carbonyl (C=O) groups excluding carboxylic acids is 1. The van der Waals surface area contributed by atoms with Crippen LogP contribution in [-0.2, 0) is 13.1 Å². The van der Waals surface area contributed by atoms with E-state index in [1.54, 1.807) is 29.0 Å². The Morgan fingerprint density at radius 1 is 1.00 bits per heavy atom. The van der Waals surface area contributed by atoms with E-state index in [2.05, 4.69) is 52.6 Å². The van der Waals surface area contributed by atoms with Crippen molar-refractivity contribution in [2.75, 3.05) is 0 Å². The van der Waals surface area contributed by atoms with Gasteiger partial charge in [-0.15, -0.1) is 5.10 Å². The summed E-state index contributed by atoms with van der Waals surface area (Å²) in [7, 11) is 0. The largest absolute Gasteiger partial charge is 0.330 e. The molecule has 5 aromatic rings. The first-order valence-electron chi connectivity index (χ1n) is 10.4. The zero-order valence-electron chi connectivity index (χ0n) is 17.9. The van der Waals surface area contributed by atoms with E-state index < -0.39 is 0 Å². The third-order valence-electron chi connectivity index (χ3n) is 5.55. The second-order valence-electron chi connectivity index (χ2n) is 7.99. The molecule has 0 N–H and O–H groups in total. The molecule has 3 heterocycles. The first-order chi connectivity index (χ1) is 15.6. The lowest BCUT2D eigenvalue weighted by molar-refractivity contribution is 0.0730. The molecule has 158 valence electrons. The highest BCUT2D eigenvalue weighted by atomic mass is 16.2. The molecule has 32 heavy (non-hydrogen) atoms. The molecule has 0 unspecified atom stereocenters. The van der Waals surface area contributed by atoms with Crippen molar-refractivity contribution in [3.05, 3.63) is 101 Å². The molecule has 7 nitrogen and oxygen atoms in total. The van der Waals surface area contributed by atoms with Crippen molar-refractivity contribution >= 4 is 22.5 Å². The van der Waals surface area contributed by atoms with Crippen LogP contribution < -0.4 is 0 Å². The first kappa shape index (κ1) is 19.8. The lowest BCUT2D eigenvalue weighted by Gasteiger charge is -2.23. The van der Waals surface area contributed by atoms with E-state index in [0.717, 1.165) is 27.6 Å². The van der Waals surface area contributed by atoms with Crippen molar-refractivity contribution in [3.8, 4) is 0 Å². The van der Waals surface area contributed by atoms with Gasteiger partial charge in [-0.2, -0.15) is 4.52 Å². The summed E-state index contributed by atoms with van der Waals surface area (Å²) in [6.07, 6.45) is 3.26. The van der Waals surface area contributed by atoms with E-state index in [1.807, 2.05) is 35.2 Å². The van der Waals surface area contributed by atoms with Crippen LogP contribution in [0.3, 0.4) is 0 Å². The van der Waals surface area contributed by atoms with Crippen molar-refractivity contribution in [2.45, 2.75) is 26.9 Å². The Bertz CT molecular complexity index is 1410. The number of tetrazole rings is 1. The monoisotopic (exact) mass is 422 g/mol. The quantitative estimate of drug-likeness (QED) is 0.426. The lowest BCUT2D eigenvalue weighted by Crippen LogP contribution is -2.30. The molecular weight excluding hydrogens is 400 g/mol. The fourth-order valence-corrected chi connectivity index (χ4v) is 4.18. The zero-order valence-corrected chi connectivity index (χ0v) is 17.9. The van der Waals surface area contributed by atoms with Gasteiger partial charge in [0.25, 0.3) is 5.91 Å². The highest BCUT2D eigenvalue weighted by molar-refractivity contribution is 5.94. The number of benzene rings is 2. The van der Waals surface area contributed by atoms with Gasteiger partial charge in [0, 0.05) is 29.9 Å². The summed E-state index contributed by atoms with van der Waals surface area (Å²) in [5.41, 5.74) is 6.39. The van der Waals surface area contributed by atoms with Gasteiger partial charge in [-0.3, -0.25) is 9.78 Å². The first-order valence-corrected chi connectivity index (χ1v) is 10.4. The molecule has 1 amide bonds. The SMILES string of the molecule is Cc1cc(C)c2c(c1)cc(CN(Cc1ccccc1)C(=O)c1cccnc1)c1nnnn12. The van der Waals surface area contributed by atoms with Gasteiger partial charge >= 0.3 is 0 Å². The van der Waals surface area contributed by atoms with Crippen LogP contribution in [0.4, 0.5) is 0 Å². The Labute approximate surface area is 185 Å². The Kier molecular flexibility index (Phi) is 5.07. The molecule has 0 radical (unpaired) electrons. The molecule has 0 aliphatic rings. The minimum atomic E-state index is -0.0897. The predicted octanol–water partition coefficient (Wildman–Crippen LogP) is 4.13. The summed E-state index contributed by atoms with van der Waals surface area (Å²) in [6, 6.07) is 19.9. The van der Waals surface area contributed by atoms with Gasteiger partial charge in [-0.1, -0.05) is 42.0 Å². The van der Waals surface area contributed by atoms with Gasteiger partial charge in [0.05, 0.1) is 17.6 Å². The Hall–Kier alpha value is -4.13. The number of amides is 1. The highest BCUT2D eigenvalue weighted by Crippen LogP contribution is 2.25. The van der Waals surface area contributed by atoms with Gasteiger partial charge < -0.3 is 4.90 Å². The summed E-state index contributed by atoms with van der Waals surface area (Å²) < 4.78 is 1.77. The third-order valence-corrected chi connectivity index (χ3v) is 5.55. The van der Waals surface area contributed by atoms with Crippen LogP contribution >= 0.6 is 0 Å². The molecule has 0 aliphatic carbocycles. The number of hydrogen-bond donors (Lipinski definition) is 0. The average Bonchev–Trinajstić information content (AvgIpc) is 3.29. The number of carbonyl (C=O) groups is 1. The number of rotatable bonds is 5. The van der Waals surface area contributed by atoms with Crippen LogP contribution in [0.2, 0.25) is 0 Å². The number of hydrogen-bond acceptors (Lipinski definition) is 5. The summed E-state index contributed by atoms with van der Waals surface area (Å²) in [6.45, 7) is 4.97. The topological polar surface area (TPSA) is 76.3 Å². The van der Waals surface area contributed by atoms with Crippen LogP contribution in [0, 0.1) is 13.8 Å². The smallest absolute Gasteiger partial charge is 0.256 e. The molecule has 7 heteroatoms. The van der Waals surface area contributed by atoms with Crippen LogP contribution in [-0.4, -0.2) is 35.8 Å². The van der Waals surface area contributed by atoms with Gasteiger partial charge in [-0.05, 0) is 59.7 Å². The fourth-order valence-electron chi connectivity index (χ4n) is 4.18. The molecule has 2 aromatic carbocycles. The average molecular weight is 422 g/mol. The lowest BCUT2D eigenvalue weighted by atomic mass is 10.0. The molecule has 0 atom stereocenters. The predicted molar refractivity (Wildman–Crippen MR) is 122 cm³/mol. The molecule has 0 fully saturated rings. The molecule has 0 aliphatic heterocycles. The van der Waals surface area contributed by atoms with Crippen molar-refractivity contribution in [1.29, 1.82) is 0 Å². The summed E-state index contributed by atoms with van der Waals surface area (Å²) >= 11 is 0. The van der Waals surface area contributed by atoms with E-state index in [1.165, 1.54) is 5.56 Å². The van der Waals surface area contributed by atoms with E-state index in [0.29, 0.717) is 24.3 Å². The summed E-state index contributed by atoms with van der Waals surface area (Å²) in [4.78, 5) is 19.4. The van der Waals surface area contributed by atoms with Crippen LogP contribution in [0.5, 0.6) is 0 Å². The Morgan fingerprint density at radius 3 is 2.62 bits per heavy atom. The van der Waals surface area contributed by atoms with Crippen molar-refractivity contribution in [3.63, 3.8) is 0 Å². The van der Waals surface area contributed by atoms with Gasteiger partial charge in [0.15, 0.2) is 5.65 Å². The number of pyridine rings is 2. The highest BCUT2D eigenvalue weighted by Gasteiger charge is 2.20. The fraction of sp³-hybridized carbons (Fsp3) is 0.160. The summed E-state index contributed by atoms with van der Waals surface area (Å²) in [5.74, 6) is -0.0897. The molecule has 3 aromatic heterocycles. The maximum atomic E-state index is 13.4. The number of fused-ring (bicyclic) bond motifs is 3. The van der Waals surface area contributed by atoms with E-state index in [9.17, 15) is 4.79 Å². The van der Waals surface area contributed by atoms with Crippen molar-refractivity contribution < 1.29 is 4.79 Å². The van der Waals surface area contributed by atoms with Crippen LogP contribution in [0.15, 0.2) is 73.1 Å². The molecular formula is C25H22N6O. The number of aryl methyl sites for hydroxylation is 2. The van der Waals surface area contributed by atoms with E-state index in [-0.39, 0.29) is 5.91 Å². The minimum absolute atomic E-state index is 0.0897. The molecule has 0 bridgehead atoms. The minimum Gasteiger partial charge on any atom is -0.330 e. The summed E-state index contributed by atoms with van der Waals surface area (Å²) in [5, 5.41) is 13.5. The standard InChI is InChI=1S/C25H22N6O/c1-17-11-18(2)23-21(12-17)13-22(24-27-28-29-31(23)24)16-30(15-19-7-4-3-5-8-19)25(32)20-9-6-10-26-14-20/h3-14H,15-16H2,1-2H3.